The van der Waals surface area contributed by atoms with E-state index in [1.807, 2.05) is 28.9 Å². The SMILES string of the molecule is Cn1ncc2cc(N3CCCCC3)c(NC(=O)c3coc(N4CC[C@H](N)C4)n3)cc21.S. The van der Waals surface area contributed by atoms with E-state index in [9.17, 15) is 4.79 Å². The smallest absolute Gasteiger partial charge is 0.298 e. The van der Waals surface area contributed by atoms with Crippen LogP contribution in [0, 0.1) is 0 Å². The lowest BCUT2D eigenvalue weighted by molar-refractivity contribution is 0.102. The van der Waals surface area contributed by atoms with E-state index < -0.39 is 0 Å². The molecule has 5 rings (SSSR count). The summed E-state index contributed by atoms with van der Waals surface area (Å²) in [5.41, 5.74) is 8.99. The first-order chi connectivity index (χ1) is 14.6. The Labute approximate surface area is 188 Å². The van der Waals surface area contributed by atoms with Crippen molar-refractivity contribution in [3.05, 3.63) is 30.3 Å². The van der Waals surface area contributed by atoms with Gasteiger partial charge in [-0.25, -0.2) is 0 Å². The van der Waals surface area contributed by atoms with Crippen LogP contribution in [0.1, 0.15) is 36.2 Å². The van der Waals surface area contributed by atoms with Gasteiger partial charge < -0.3 is 25.3 Å². The van der Waals surface area contributed by atoms with Crippen LogP contribution in [0.4, 0.5) is 17.4 Å². The molecule has 0 unspecified atom stereocenters. The predicted octanol–water partition coefficient (Wildman–Crippen LogP) is 2.45. The Kier molecular flexibility index (Phi) is 6.10. The van der Waals surface area contributed by atoms with Crippen LogP contribution < -0.4 is 20.9 Å². The fraction of sp³-hybridized carbons (Fsp3) is 0.476. The van der Waals surface area contributed by atoms with E-state index in [0.29, 0.717) is 12.6 Å². The molecule has 2 saturated heterocycles. The zero-order chi connectivity index (χ0) is 20.7. The van der Waals surface area contributed by atoms with Crippen LogP contribution >= 0.6 is 13.5 Å². The van der Waals surface area contributed by atoms with E-state index in [1.54, 1.807) is 0 Å². The van der Waals surface area contributed by atoms with Crippen molar-refractivity contribution in [1.82, 2.24) is 14.8 Å². The molecule has 4 heterocycles. The summed E-state index contributed by atoms with van der Waals surface area (Å²) in [6, 6.07) is 4.67. The Hall–Kier alpha value is -2.72. The van der Waals surface area contributed by atoms with Crippen LogP contribution in [-0.4, -0.2) is 52.9 Å². The predicted molar refractivity (Wildman–Crippen MR) is 126 cm³/mol. The largest absolute Gasteiger partial charge is 0.431 e. The first kappa shape index (κ1) is 21.5. The molecule has 31 heavy (non-hydrogen) atoms. The molecule has 0 radical (unpaired) electrons. The Morgan fingerprint density at radius 2 is 2.00 bits per heavy atom. The molecular weight excluding hydrogens is 414 g/mol. The summed E-state index contributed by atoms with van der Waals surface area (Å²) in [7, 11) is 1.90. The highest BCUT2D eigenvalue weighted by atomic mass is 32.1. The molecule has 1 atom stereocenters. The molecule has 10 heteroatoms. The minimum absolute atomic E-state index is 0. The molecule has 1 aromatic carbocycles. The summed E-state index contributed by atoms with van der Waals surface area (Å²) in [5.74, 6) is -0.284. The second-order valence-electron chi connectivity index (χ2n) is 8.21. The number of benzene rings is 1. The lowest BCUT2D eigenvalue weighted by atomic mass is 10.1. The number of nitrogens with two attached hydrogens (primary N) is 1. The number of piperidine rings is 1. The van der Waals surface area contributed by atoms with Crippen molar-refractivity contribution in [3.8, 4) is 0 Å². The van der Waals surface area contributed by atoms with Crippen LogP contribution in [0.3, 0.4) is 0 Å². The molecular formula is C21H29N7O2S. The molecule has 166 valence electrons. The molecule has 3 N–H and O–H groups in total. The lowest BCUT2D eigenvalue weighted by Gasteiger charge is -2.30. The molecule has 2 aromatic heterocycles. The molecule has 1 amide bonds. The van der Waals surface area contributed by atoms with Crippen LogP contribution in [0.5, 0.6) is 0 Å². The number of hydrogen-bond acceptors (Lipinski definition) is 7. The molecule has 0 saturated carbocycles. The first-order valence-electron chi connectivity index (χ1n) is 10.6. The van der Waals surface area contributed by atoms with Gasteiger partial charge in [-0.05, 0) is 37.8 Å². The fourth-order valence-electron chi connectivity index (χ4n) is 4.35. The molecule has 9 nitrogen and oxygen atoms in total. The van der Waals surface area contributed by atoms with Gasteiger partial charge >= 0.3 is 0 Å². The number of rotatable bonds is 4. The summed E-state index contributed by atoms with van der Waals surface area (Å²) in [4.78, 5) is 21.7. The lowest BCUT2D eigenvalue weighted by Crippen LogP contribution is -2.30. The Morgan fingerprint density at radius 3 is 2.74 bits per heavy atom. The third kappa shape index (κ3) is 4.22. The highest BCUT2D eigenvalue weighted by molar-refractivity contribution is 7.59. The van der Waals surface area contributed by atoms with Crippen molar-refractivity contribution >= 4 is 47.7 Å². The van der Waals surface area contributed by atoms with Gasteiger partial charge in [0.1, 0.15) is 6.26 Å². The number of carbonyl (C=O) groups excluding carboxylic acids is 1. The Bertz CT molecular complexity index is 1070. The summed E-state index contributed by atoms with van der Waals surface area (Å²) >= 11 is 0. The van der Waals surface area contributed by atoms with E-state index in [-0.39, 0.29) is 31.1 Å². The maximum absolute atomic E-state index is 13.0. The van der Waals surface area contributed by atoms with Crippen LogP contribution in [0.25, 0.3) is 10.9 Å². The second-order valence-corrected chi connectivity index (χ2v) is 8.21. The van der Waals surface area contributed by atoms with Crippen LogP contribution in [0.2, 0.25) is 0 Å². The number of fused-ring (bicyclic) bond motifs is 1. The Morgan fingerprint density at radius 1 is 1.19 bits per heavy atom. The summed E-state index contributed by atoms with van der Waals surface area (Å²) in [6.07, 6.45) is 7.73. The van der Waals surface area contributed by atoms with Crippen LogP contribution in [-0.2, 0) is 7.05 Å². The maximum Gasteiger partial charge on any atom is 0.298 e. The zero-order valence-corrected chi connectivity index (χ0v) is 18.7. The van der Waals surface area contributed by atoms with Gasteiger partial charge in [0.05, 0.1) is 23.1 Å². The van der Waals surface area contributed by atoms with Crippen molar-refractivity contribution in [2.75, 3.05) is 41.3 Å². The number of nitrogens with one attached hydrogen (secondary N) is 1. The highest BCUT2D eigenvalue weighted by Crippen LogP contribution is 2.33. The number of anilines is 3. The van der Waals surface area contributed by atoms with E-state index >= 15 is 0 Å². The molecule has 0 aliphatic carbocycles. The number of carbonyl (C=O) groups is 1. The van der Waals surface area contributed by atoms with Gasteiger partial charge in [0.15, 0.2) is 5.69 Å². The second kappa shape index (κ2) is 8.80. The molecule has 2 aliphatic heterocycles. The maximum atomic E-state index is 13.0. The van der Waals surface area contributed by atoms with Gasteiger partial charge in [-0.1, -0.05) is 0 Å². The van der Waals surface area contributed by atoms with Gasteiger partial charge in [-0.15, -0.1) is 0 Å². The van der Waals surface area contributed by atoms with Gasteiger partial charge in [-0.3, -0.25) is 9.48 Å². The average Bonchev–Trinajstić information content (AvgIpc) is 3.49. The fourth-order valence-corrected chi connectivity index (χ4v) is 4.35. The van der Waals surface area contributed by atoms with E-state index in [4.69, 9.17) is 10.2 Å². The zero-order valence-electron chi connectivity index (χ0n) is 17.7. The quantitative estimate of drug-likeness (QED) is 0.638. The molecule has 3 aromatic rings. The van der Waals surface area contributed by atoms with Crippen molar-refractivity contribution in [1.29, 1.82) is 0 Å². The topological polar surface area (TPSA) is 105 Å². The van der Waals surface area contributed by atoms with E-state index in [1.165, 1.54) is 12.7 Å². The third-order valence-corrected chi connectivity index (χ3v) is 6.03. The number of aryl methyl sites for hydroxylation is 1. The number of oxazole rings is 1. The van der Waals surface area contributed by atoms with Crippen molar-refractivity contribution in [3.63, 3.8) is 0 Å². The van der Waals surface area contributed by atoms with Crippen molar-refractivity contribution in [2.45, 2.75) is 31.7 Å². The Balaban J connectivity index is 0.00000231. The highest BCUT2D eigenvalue weighted by Gasteiger charge is 2.25. The third-order valence-electron chi connectivity index (χ3n) is 6.03. The molecule has 0 bridgehead atoms. The van der Waals surface area contributed by atoms with E-state index in [2.05, 4.69) is 26.4 Å². The normalized spacial score (nSPS) is 19.0. The summed E-state index contributed by atoms with van der Waals surface area (Å²) in [6.45, 7) is 3.45. The van der Waals surface area contributed by atoms with Gasteiger partial charge in [-0.2, -0.15) is 23.6 Å². The number of aromatic nitrogens is 3. The summed E-state index contributed by atoms with van der Waals surface area (Å²) < 4.78 is 7.37. The summed E-state index contributed by atoms with van der Waals surface area (Å²) in [5, 5.41) is 8.48. The first-order valence-corrected chi connectivity index (χ1v) is 10.6. The monoisotopic (exact) mass is 443 g/mol. The standard InChI is InChI=1S/C21H27N7O2.H2S/c1-26-18-10-16(19(9-14(18)11-23-26)27-6-3-2-4-7-27)24-20(29)17-13-30-21(25-17)28-8-5-15(22)12-28;/h9-11,13,15H,2-8,12,22H2,1H3,(H,24,29);1H2/t15-;/m0./s1. The van der Waals surface area contributed by atoms with Crippen LogP contribution in [0.15, 0.2) is 29.0 Å². The van der Waals surface area contributed by atoms with Gasteiger partial charge in [0.25, 0.3) is 11.9 Å². The van der Waals surface area contributed by atoms with Gasteiger partial charge in [0, 0.05) is 44.7 Å². The minimum Gasteiger partial charge on any atom is -0.431 e. The van der Waals surface area contributed by atoms with Gasteiger partial charge in [0.2, 0.25) is 0 Å². The molecule has 0 spiro atoms. The number of hydrogen-bond donors (Lipinski definition) is 2. The average molecular weight is 444 g/mol. The number of nitrogens with zero attached hydrogens (tertiary/aromatic N) is 5. The number of amides is 1. The minimum atomic E-state index is -0.284. The van der Waals surface area contributed by atoms with Crippen molar-refractivity contribution in [2.24, 2.45) is 12.8 Å². The molecule has 2 fully saturated rings. The molecule has 2 aliphatic rings. The van der Waals surface area contributed by atoms with E-state index in [0.717, 1.165) is 61.2 Å². The van der Waals surface area contributed by atoms with Crippen molar-refractivity contribution < 1.29 is 9.21 Å².